The first kappa shape index (κ1) is 14.3. The number of rotatable bonds is 3. The van der Waals surface area contributed by atoms with E-state index in [1.807, 2.05) is 0 Å². The van der Waals surface area contributed by atoms with Crippen LogP contribution in [-0.2, 0) is 0 Å². The normalized spacial score (nSPS) is 44.5. The van der Waals surface area contributed by atoms with Crippen molar-refractivity contribution in [2.24, 2.45) is 23.7 Å². The van der Waals surface area contributed by atoms with E-state index >= 15 is 0 Å². The molecule has 2 nitrogen and oxygen atoms in total. The molecule has 2 bridgehead atoms. The lowest BCUT2D eigenvalue weighted by molar-refractivity contribution is 0.0601. The van der Waals surface area contributed by atoms with Crippen molar-refractivity contribution in [1.82, 2.24) is 9.80 Å². The van der Waals surface area contributed by atoms with Gasteiger partial charge in [0.15, 0.2) is 0 Å². The Labute approximate surface area is 130 Å². The minimum atomic E-state index is 0.904. The quantitative estimate of drug-likeness (QED) is 0.735. The van der Waals surface area contributed by atoms with E-state index < -0.39 is 0 Å². The second-order valence-electron chi connectivity index (χ2n) is 8.30. The molecule has 2 saturated carbocycles. The molecule has 0 N–H and O–H groups in total. The predicted octanol–water partition coefficient (Wildman–Crippen LogP) is 3.39. The summed E-state index contributed by atoms with van der Waals surface area (Å²) in [6.45, 7) is 9.12. The van der Waals surface area contributed by atoms with Crippen LogP contribution >= 0.6 is 0 Å². The molecule has 0 aromatic carbocycles. The topological polar surface area (TPSA) is 6.48 Å². The Hall–Kier alpha value is -0.340. The van der Waals surface area contributed by atoms with Crippen molar-refractivity contribution in [3.05, 3.63) is 12.2 Å². The lowest BCUT2D eigenvalue weighted by Crippen LogP contribution is -2.52. The minimum Gasteiger partial charge on any atom is -0.300 e. The average molecular weight is 288 g/mol. The largest absolute Gasteiger partial charge is 0.300 e. The molecular weight excluding hydrogens is 256 g/mol. The highest BCUT2D eigenvalue weighted by atomic mass is 15.3. The van der Waals surface area contributed by atoms with Gasteiger partial charge in [-0.15, -0.1) is 0 Å². The van der Waals surface area contributed by atoms with E-state index in [1.165, 1.54) is 71.2 Å². The van der Waals surface area contributed by atoms with Gasteiger partial charge in [0, 0.05) is 38.8 Å². The maximum atomic E-state index is 2.81. The Morgan fingerprint density at radius 1 is 0.952 bits per heavy atom. The lowest BCUT2D eigenvalue weighted by Gasteiger charge is -2.42. The molecule has 1 saturated heterocycles. The fraction of sp³-hybridized carbons (Fsp3) is 0.895. The Kier molecular flexibility index (Phi) is 4.10. The summed E-state index contributed by atoms with van der Waals surface area (Å²) in [5.41, 5.74) is 0. The zero-order valence-electron chi connectivity index (χ0n) is 13.7. The van der Waals surface area contributed by atoms with Gasteiger partial charge in [0.25, 0.3) is 0 Å². The van der Waals surface area contributed by atoms with Gasteiger partial charge in [-0.05, 0) is 49.4 Å². The summed E-state index contributed by atoms with van der Waals surface area (Å²) in [6.07, 6.45) is 13.8. The predicted molar refractivity (Wildman–Crippen MR) is 88.3 cm³/mol. The Morgan fingerprint density at radius 2 is 1.81 bits per heavy atom. The lowest BCUT2D eigenvalue weighted by atomic mass is 9.86. The standard InChI is InChI=1S/C19H32N2/c1-15-3-2-4-19(11-15)21-9-7-20(8-10-21)14-18-13-16-5-6-17(18)12-16/h5-6,15-19H,2-4,7-14H2,1H3/t15-,16+,17+,18+,19-/m1/s1. The van der Waals surface area contributed by atoms with E-state index in [-0.39, 0.29) is 0 Å². The summed E-state index contributed by atoms with van der Waals surface area (Å²) < 4.78 is 0. The molecule has 4 rings (SSSR count). The molecule has 0 aromatic rings. The van der Waals surface area contributed by atoms with Crippen molar-refractivity contribution >= 4 is 0 Å². The molecule has 0 unspecified atom stereocenters. The Bertz CT molecular complexity index is 383. The number of nitrogens with zero attached hydrogens (tertiary/aromatic N) is 2. The molecule has 3 fully saturated rings. The monoisotopic (exact) mass is 288 g/mol. The van der Waals surface area contributed by atoms with Crippen molar-refractivity contribution in [3.8, 4) is 0 Å². The molecule has 21 heavy (non-hydrogen) atoms. The van der Waals surface area contributed by atoms with Gasteiger partial charge in [-0.1, -0.05) is 31.9 Å². The maximum Gasteiger partial charge on any atom is 0.0113 e. The first-order chi connectivity index (χ1) is 10.3. The van der Waals surface area contributed by atoms with Crippen molar-refractivity contribution in [3.63, 3.8) is 0 Å². The van der Waals surface area contributed by atoms with Crippen LogP contribution in [0.2, 0.25) is 0 Å². The van der Waals surface area contributed by atoms with Crippen molar-refractivity contribution in [2.75, 3.05) is 32.7 Å². The van der Waals surface area contributed by atoms with Crippen LogP contribution < -0.4 is 0 Å². The summed E-state index contributed by atoms with van der Waals surface area (Å²) in [7, 11) is 0. The SMILES string of the molecule is C[C@@H]1CCC[C@@H](N2CCN(C[C@@H]3C[C@H]4C=C[C@H]3C4)CC2)C1. The van der Waals surface area contributed by atoms with Gasteiger partial charge in [0.1, 0.15) is 0 Å². The molecule has 1 aliphatic heterocycles. The summed E-state index contributed by atoms with van der Waals surface area (Å²) >= 11 is 0. The third-order valence-electron chi connectivity index (χ3n) is 6.74. The highest BCUT2D eigenvalue weighted by Crippen LogP contribution is 2.43. The van der Waals surface area contributed by atoms with Crippen LogP contribution in [0.1, 0.15) is 45.4 Å². The minimum absolute atomic E-state index is 0.904. The highest BCUT2D eigenvalue weighted by molar-refractivity contribution is 5.10. The summed E-state index contributed by atoms with van der Waals surface area (Å²) in [4.78, 5) is 5.58. The fourth-order valence-corrected chi connectivity index (χ4v) is 5.48. The van der Waals surface area contributed by atoms with Gasteiger partial charge in [-0.25, -0.2) is 0 Å². The van der Waals surface area contributed by atoms with Crippen LogP contribution in [0.4, 0.5) is 0 Å². The number of fused-ring (bicyclic) bond motifs is 2. The molecule has 0 aromatic heterocycles. The van der Waals surface area contributed by atoms with Crippen molar-refractivity contribution in [2.45, 2.75) is 51.5 Å². The highest BCUT2D eigenvalue weighted by Gasteiger charge is 2.37. The van der Waals surface area contributed by atoms with Gasteiger partial charge in [0.2, 0.25) is 0 Å². The maximum absolute atomic E-state index is 2.81. The van der Waals surface area contributed by atoms with E-state index in [4.69, 9.17) is 0 Å². The Balaban J connectivity index is 1.24. The van der Waals surface area contributed by atoms with Gasteiger partial charge in [0.05, 0.1) is 0 Å². The van der Waals surface area contributed by atoms with E-state index in [2.05, 4.69) is 28.9 Å². The van der Waals surface area contributed by atoms with E-state index in [9.17, 15) is 0 Å². The third kappa shape index (κ3) is 3.07. The number of allylic oxidation sites excluding steroid dienone is 2. The van der Waals surface area contributed by atoms with E-state index in [0.29, 0.717) is 0 Å². The molecule has 1 heterocycles. The number of hydrogen-bond donors (Lipinski definition) is 0. The van der Waals surface area contributed by atoms with Crippen LogP contribution in [0.25, 0.3) is 0 Å². The molecule has 0 spiro atoms. The van der Waals surface area contributed by atoms with Crippen LogP contribution in [0.15, 0.2) is 12.2 Å². The van der Waals surface area contributed by atoms with Gasteiger partial charge in [-0.3, -0.25) is 4.90 Å². The van der Waals surface area contributed by atoms with Gasteiger partial charge >= 0.3 is 0 Å². The molecular formula is C19H32N2. The summed E-state index contributed by atoms with van der Waals surface area (Å²) in [5.74, 6) is 3.79. The van der Waals surface area contributed by atoms with Crippen molar-refractivity contribution in [1.29, 1.82) is 0 Å². The number of piperazine rings is 1. The zero-order valence-corrected chi connectivity index (χ0v) is 13.7. The molecule has 5 atom stereocenters. The third-order valence-corrected chi connectivity index (χ3v) is 6.74. The van der Waals surface area contributed by atoms with Gasteiger partial charge < -0.3 is 4.90 Å². The molecule has 0 radical (unpaired) electrons. The first-order valence-corrected chi connectivity index (χ1v) is 9.42. The second-order valence-corrected chi connectivity index (χ2v) is 8.30. The fourth-order valence-electron chi connectivity index (χ4n) is 5.48. The molecule has 118 valence electrons. The average Bonchev–Trinajstić information content (AvgIpc) is 3.11. The first-order valence-electron chi connectivity index (χ1n) is 9.42. The molecule has 3 aliphatic carbocycles. The Morgan fingerprint density at radius 3 is 2.48 bits per heavy atom. The molecule has 4 aliphatic rings. The van der Waals surface area contributed by atoms with E-state index in [1.54, 1.807) is 0 Å². The van der Waals surface area contributed by atoms with Crippen LogP contribution in [-0.4, -0.2) is 48.6 Å². The number of hydrogen-bond acceptors (Lipinski definition) is 2. The van der Waals surface area contributed by atoms with Crippen LogP contribution in [0.5, 0.6) is 0 Å². The smallest absolute Gasteiger partial charge is 0.0113 e. The van der Waals surface area contributed by atoms with Crippen LogP contribution in [0.3, 0.4) is 0 Å². The van der Waals surface area contributed by atoms with Crippen LogP contribution in [0, 0.1) is 23.7 Å². The second kappa shape index (κ2) is 6.04. The van der Waals surface area contributed by atoms with Crippen molar-refractivity contribution < 1.29 is 0 Å². The van der Waals surface area contributed by atoms with Gasteiger partial charge in [-0.2, -0.15) is 0 Å². The molecule has 0 amide bonds. The zero-order chi connectivity index (χ0) is 14.2. The molecule has 2 heteroatoms. The summed E-state index contributed by atoms with van der Waals surface area (Å²) in [6, 6.07) is 0.904. The summed E-state index contributed by atoms with van der Waals surface area (Å²) in [5, 5.41) is 0. The van der Waals surface area contributed by atoms with E-state index in [0.717, 1.165) is 29.7 Å².